The molecule has 0 unspecified atom stereocenters. The number of rotatable bonds is 5. The lowest BCUT2D eigenvalue weighted by Crippen LogP contribution is -2.29. The van der Waals surface area contributed by atoms with Gasteiger partial charge in [-0.2, -0.15) is 5.10 Å². The lowest BCUT2D eigenvalue weighted by Gasteiger charge is -2.14. The van der Waals surface area contributed by atoms with E-state index in [9.17, 15) is 9.18 Å². The van der Waals surface area contributed by atoms with Crippen LogP contribution in [0.15, 0.2) is 24.5 Å². The Hall–Kier alpha value is -1.95. The SMILES string of the molecule is CCCn1ncnc1[C@H](C)NC(=O)c1ccc(Cl)cc1F. The summed E-state index contributed by atoms with van der Waals surface area (Å²) >= 11 is 5.67. The van der Waals surface area contributed by atoms with Gasteiger partial charge in [0, 0.05) is 11.6 Å². The van der Waals surface area contributed by atoms with Gasteiger partial charge in [-0.1, -0.05) is 18.5 Å². The summed E-state index contributed by atoms with van der Waals surface area (Å²) in [7, 11) is 0. The zero-order valence-electron chi connectivity index (χ0n) is 11.8. The monoisotopic (exact) mass is 310 g/mol. The molecule has 0 aliphatic rings. The van der Waals surface area contributed by atoms with E-state index in [0.29, 0.717) is 12.4 Å². The van der Waals surface area contributed by atoms with Gasteiger partial charge in [0.15, 0.2) is 0 Å². The lowest BCUT2D eigenvalue weighted by atomic mass is 10.2. The number of hydrogen-bond acceptors (Lipinski definition) is 3. The van der Waals surface area contributed by atoms with Crippen LogP contribution in [0.3, 0.4) is 0 Å². The van der Waals surface area contributed by atoms with Crippen molar-refractivity contribution in [3.8, 4) is 0 Å². The number of nitrogens with one attached hydrogen (secondary N) is 1. The van der Waals surface area contributed by atoms with E-state index in [1.165, 1.54) is 18.5 Å². The molecule has 0 aliphatic carbocycles. The molecule has 0 aliphatic heterocycles. The van der Waals surface area contributed by atoms with E-state index in [0.717, 1.165) is 12.5 Å². The summed E-state index contributed by atoms with van der Waals surface area (Å²) in [4.78, 5) is 16.2. The Morgan fingerprint density at radius 3 is 2.95 bits per heavy atom. The Kier molecular flexibility index (Phi) is 4.90. The van der Waals surface area contributed by atoms with Crippen LogP contribution in [0.5, 0.6) is 0 Å². The van der Waals surface area contributed by atoms with Gasteiger partial charge in [0.25, 0.3) is 5.91 Å². The highest BCUT2D eigenvalue weighted by Crippen LogP contribution is 2.16. The minimum absolute atomic E-state index is 0.0483. The smallest absolute Gasteiger partial charge is 0.254 e. The van der Waals surface area contributed by atoms with Crippen molar-refractivity contribution in [2.45, 2.75) is 32.9 Å². The fourth-order valence-electron chi connectivity index (χ4n) is 2.01. The molecule has 0 saturated carbocycles. The molecule has 1 amide bonds. The van der Waals surface area contributed by atoms with Gasteiger partial charge in [-0.25, -0.2) is 14.1 Å². The second kappa shape index (κ2) is 6.67. The summed E-state index contributed by atoms with van der Waals surface area (Å²) in [6.45, 7) is 4.52. The zero-order valence-corrected chi connectivity index (χ0v) is 12.6. The summed E-state index contributed by atoms with van der Waals surface area (Å²) in [5, 5.41) is 7.06. The van der Waals surface area contributed by atoms with Gasteiger partial charge in [-0.05, 0) is 31.5 Å². The van der Waals surface area contributed by atoms with Crippen LogP contribution in [0.25, 0.3) is 0 Å². The van der Waals surface area contributed by atoms with Gasteiger partial charge in [0.1, 0.15) is 18.0 Å². The van der Waals surface area contributed by atoms with E-state index >= 15 is 0 Å². The minimum Gasteiger partial charge on any atom is -0.342 e. The molecule has 0 spiro atoms. The first-order chi connectivity index (χ1) is 10.0. The summed E-state index contributed by atoms with van der Waals surface area (Å²) < 4.78 is 15.4. The first-order valence-electron chi connectivity index (χ1n) is 6.66. The second-order valence-corrected chi connectivity index (χ2v) is 5.10. The van der Waals surface area contributed by atoms with Gasteiger partial charge >= 0.3 is 0 Å². The van der Waals surface area contributed by atoms with Gasteiger partial charge in [0.2, 0.25) is 0 Å². The molecule has 0 fully saturated rings. The minimum atomic E-state index is -0.651. The molecule has 1 aromatic heterocycles. The van der Waals surface area contributed by atoms with Gasteiger partial charge < -0.3 is 5.32 Å². The highest BCUT2D eigenvalue weighted by Gasteiger charge is 2.18. The third-order valence-corrected chi connectivity index (χ3v) is 3.23. The van der Waals surface area contributed by atoms with Crippen molar-refractivity contribution in [2.24, 2.45) is 0 Å². The van der Waals surface area contributed by atoms with Crippen molar-refractivity contribution in [2.75, 3.05) is 0 Å². The van der Waals surface area contributed by atoms with Crippen molar-refractivity contribution in [1.82, 2.24) is 20.1 Å². The fourth-order valence-corrected chi connectivity index (χ4v) is 2.16. The Morgan fingerprint density at radius 2 is 2.29 bits per heavy atom. The number of amides is 1. The van der Waals surface area contributed by atoms with Crippen LogP contribution < -0.4 is 5.32 Å². The number of halogens is 2. The standard InChI is InChI=1S/C14H16ClFN4O/c1-3-6-20-13(17-8-18-20)9(2)19-14(21)11-5-4-10(15)7-12(11)16/h4-5,7-9H,3,6H2,1-2H3,(H,19,21)/t9-/m0/s1. The first-order valence-corrected chi connectivity index (χ1v) is 7.04. The topological polar surface area (TPSA) is 59.8 Å². The molecule has 0 saturated heterocycles. The largest absolute Gasteiger partial charge is 0.342 e. The van der Waals surface area contributed by atoms with Crippen LogP contribution in [0.1, 0.15) is 42.5 Å². The van der Waals surface area contributed by atoms with E-state index in [2.05, 4.69) is 15.4 Å². The summed E-state index contributed by atoms with van der Waals surface area (Å²) in [6.07, 6.45) is 2.35. The van der Waals surface area contributed by atoms with Crippen LogP contribution in [0, 0.1) is 5.82 Å². The molecule has 2 aromatic rings. The normalized spacial score (nSPS) is 12.2. The Bertz CT molecular complexity index is 644. The Balaban J connectivity index is 2.13. The van der Waals surface area contributed by atoms with Crippen LogP contribution in [0.2, 0.25) is 5.02 Å². The fraction of sp³-hybridized carbons (Fsp3) is 0.357. The van der Waals surface area contributed by atoms with Crippen LogP contribution in [-0.4, -0.2) is 20.7 Å². The molecule has 1 heterocycles. The van der Waals surface area contributed by atoms with Crippen molar-refractivity contribution in [1.29, 1.82) is 0 Å². The highest BCUT2D eigenvalue weighted by atomic mass is 35.5. The maximum atomic E-state index is 13.7. The number of aromatic nitrogens is 3. The van der Waals surface area contributed by atoms with Gasteiger partial charge in [-0.15, -0.1) is 0 Å². The number of carbonyl (C=O) groups excluding carboxylic acids is 1. The molecule has 0 bridgehead atoms. The van der Waals surface area contributed by atoms with Crippen LogP contribution in [0.4, 0.5) is 4.39 Å². The molecule has 5 nitrogen and oxygen atoms in total. The molecule has 1 aromatic carbocycles. The molecular formula is C14H16ClFN4O. The van der Waals surface area contributed by atoms with E-state index in [4.69, 9.17) is 11.6 Å². The Morgan fingerprint density at radius 1 is 1.52 bits per heavy atom. The number of hydrogen-bond donors (Lipinski definition) is 1. The van der Waals surface area contributed by atoms with Crippen molar-refractivity contribution < 1.29 is 9.18 Å². The summed E-state index contributed by atoms with van der Waals surface area (Å²) in [6, 6.07) is 3.57. The van der Waals surface area contributed by atoms with Crippen LogP contribution in [-0.2, 0) is 6.54 Å². The van der Waals surface area contributed by atoms with E-state index in [1.54, 1.807) is 11.6 Å². The molecule has 7 heteroatoms. The first kappa shape index (κ1) is 15.4. The molecular weight excluding hydrogens is 295 g/mol. The van der Waals surface area contributed by atoms with E-state index in [1.807, 2.05) is 6.92 Å². The predicted octanol–water partition coefficient (Wildman–Crippen LogP) is 2.97. The molecule has 1 atom stereocenters. The van der Waals surface area contributed by atoms with E-state index < -0.39 is 11.7 Å². The van der Waals surface area contributed by atoms with Crippen molar-refractivity contribution in [3.63, 3.8) is 0 Å². The molecule has 2 rings (SSSR count). The van der Waals surface area contributed by atoms with Crippen molar-refractivity contribution in [3.05, 3.63) is 46.8 Å². The number of benzene rings is 1. The molecule has 21 heavy (non-hydrogen) atoms. The quantitative estimate of drug-likeness (QED) is 0.923. The Labute approximate surface area is 127 Å². The van der Waals surface area contributed by atoms with Gasteiger partial charge in [0.05, 0.1) is 11.6 Å². The number of aryl methyl sites for hydroxylation is 1. The molecule has 112 valence electrons. The highest BCUT2D eigenvalue weighted by molar-refractivity contribution is 6.30. The number of nitrogens with zero attached hydrogens (tertiary/aromatic N) is 3. The third kappa shape index (κ3) is 3.58. The van der Waals surface area contributed by atoms with Crippen molar-refractivity contribution >= 4 is 17.5 Å². The predicted molar refractivity (Wildman–Crippen MR) is 77.6 cm³/mol. The van der Waals surface area contributed by atoms with E-state index in [-0.39, 0.29) is 16.6 Å². The maximum Gasteiger partial charge on any atom is 0.254 e. The average Bonchev–Trinajstić information content (AvgIpc) is 2.87. The summed E-state index contributed by atoms with van der Waals surface area (Å²) in [5.41, 5.74) is -0.0483. The maximum absolute atomic E-state index is 13.7. The molecule has 1 N–H and O–H groups in total. The van der Waals surface area contributed by atoms with Gasteiger partial charge in [-0.3, -0.25) is 4.79 Å². The molecule has 0 radical (unpaired) electrons. The average molecular weight is 311 g/mol. The van der Waals surface area contributed by atoms with Crippen LogP contribution >= 0.6 is 11.6 Å². The third-order valence-electron chi connectivity index (χ3n) is 2.99. The lowest BCUT2D eigenvalue weighted by molar-refractivity contribution is 0.0933. The number of carbonyl (C=O) groups is 1. The zero-order chi connectivity index (χ0) is 15.4. The second-order valence-electron chi connectivity index (χ2n) is 4.66. The summed E-state index contributed by atoms with van der Waals surface area (Å²) in [5.74, 6) is -0.524.